The van der Waals surface area contributed by atoms with Gasteiger partial charge >= 0.3 is 5.97 Å². The third-order valence-corrected chi connectivity index (χ3v) is 4.48. The monoisotopic (exact) mass is 374 g/mol. The Morgan fingerprint density at radius 1 is 1.23 bits per heavy atom. The highest BCUT2D eigenvalue weighted by molar-refractivity contribution is 8.00. The maximum atomic E-state index is 13.1. The number of aromatic nitrogens is 4. The zero-order chi connectivity index (χ0) is 18.5. The minimum atomic E-state index is -0.532. The molecule has 0 bridgehead atoms. The molecule has 2 heterocycles. The number of hydrogen-bond donors (Lipinski definition) is 0. The number of halogens is 1. The van der Waals surface area contributed by atoms with Crippen molar-refractivity contribution in [3.8, 4) is 5.69 Å². The van der Waals surface area contributed by atoms with Crippen molar-refractivity contribution in [3.63, 3.8) is 0 Å². The Bertz CT molecular complexity index is 943. The van der Waals surface area contributed by atoms with Gasteiger partial charge in [0.2, 0.25) is 0 Å². The lowest BCUT2D eigenvalue weighted by atomic mass is 10.3. The maximum Gasteiger partial charge on any atom is 0.313 e. The number of carbonyl (C=O) groups is 2. The molecule has 0 atom stereocenters. The molecule has 0 amide bonds. The number of rotatable bonds is 7. The molecule has 0 fully saturated rings. The number of Topliss-reactive ketones (excluding diaryl/α,β-unsaturated/α-hetero) is 1. The molecule has 26 heavy (non-hydrogen) atoms. The molecule has 3 rings (SSSR count). The first-order valence-electron chi connectivity index (χ1n) is 7.83. The maximum absolute atomic E-state index is 13.1. The number of benzene rings is 1. The van der Waals surface area contributed by atoms with Crippen molar-refractivity contribution in [1.29, 1.82) is 0 Å². The summed E-state index contributed by atoms with van der Waals surface area (Å²) in [5.41, 5.74) is 1.21. The molecule has 0 spiro atoms. The van der Waals surface area contributed by atoms with E-state index in [1.807, 2.05) is 0 Å². The average Bonchev–Trinajstić information content (AvgIpc) is 3.05. The lowest BCUT2D eigenvalue weighted by molar-refractivity contribution is -0.145. The van der Waals surface area contributed by atoms with Crippen molar-refractivity contribution in [2.24, 2.45) is 0 Å². The summed E-state index contributed by atoms with van der Waals surface area (Å²) in [7, 11) is 0. The summed E-state index contributed by atoms with van der Waals surface area (Å²) in [4.78, 5) is 31.6. The van der Waals surface area contributed by atoms with Gasteiger partial charge in [0.05, 0.1) is 29.6 Å². The fraction of sp³-hybridized carbons (Fsp3) is 0.235. The molecule has 0 aliphatic carbocycles. The molecule has 0 radical (unpaired) electrons. The molecule has 0 unspecified atom stereocenters. The summed E-state index contributed by atoms with van der Waals surface area (Å²) in [6, 6.07) is 5.88. The normalized spacial score (nSPS) is 10.8. The van der Waals surface area contributed by atoms with Crippen LogP contribution in [0.15, 0.2) is 41.8 Å². The molecule has 1 aromatic carbocycles. The summed E-state index contributed by atoms with van der Waals surface area (Å²) >= 11 is 1.21. The van der Waals surface area contributed by atoms with Crippen LogP contribution in [0, 0.1) is 5.82 Å². The van der Waals surface area contributed by atoms with Crippen molar-refractivity contribution in [3.05, 3.63) is 42.6 Å². The number of esters is 1. The van der Waals surface area contributed by atoms with Crippen LogP contribution in [0.4, 0.5) is 4.39 Å². The predicted octanol–water partition coefficient (Wildman–Crippen LogP) is 2.57. The van der Waals surface area contributed by atoms with Crippen LogP contribution in [0.3, 0.4) is 0 Å². The standard InChI is InChI=1S/C17H15FN4O3S/c1-2-25-15(24)7-13(23)9-26-17-14-8-21-22(16(14)19-10-20-17)12-5-3-11(18)4-6-12/h3-6,8,10H,2,7,9H2,1H3. The SMILES string of the molecule is CCOC(=O)CC(=O)CSc1ncnc2c1cnn2-c1ccc(F)cc1. The summed E-state index contributed by atoms with van der Waals surface area (Å²) in [6.07, 6.45) is 2.71. The van der Waals surface area contributed by atoms with Crippen LogP contribution in [0.1, 0.15) is 13.3 Å². The molecule has 0 aliphatic heterocycles. The molecule has 0 saturated heterocycles. The van der Waals surface area contributed by atoms with Gasteiger partial charge in [-0.1, -0.05) is 11.8 Å². The van der Waals surface area contributed by atoms with E-state index in [1.54, 1.807) is 29.9 Å². The van der Waals surface area contributed by atoms with Crippen molar-refractivity contribution >= 4 is 34.5 Å². The van der Waals surface area contributed by atoms with Crippen molar-refractivity contribution in [2.45, 2.75) is 18.4 Å². The van der Waals surface area contributed by atoms with E-state index in [-0.39, 0.29) is 30.4 Å². The Labute approximate surface area is 152 Å². The zero-order valence-corrected chi connectivity index (χ0v) is 14.7. The van der Waals surface area contributed by atoms with Crippen LogP contribution in [-0.4, -0.2) is 43.9 Å². The van der Waals surface area contributed by atoms with Crippen molar-refractivity contribution < 1.29 is 18.7 Å². The summed E-state index contributed by atoms with van der Waals surface area (Å²) in [6.45, 7) is 1.93. The Kier molecular flexibility index (Phi) is 5.57. The molecule has 134 valence electrons. The highest BCUT2D eigenvalue weighted by Crippen LogP contribution is 2.26. The van der Waals surface area contributed by atoms with Crippen LogP contribution in [0.25, 0.3) is 16.7 Å². The van der Waals surface area contributed by atoms with Gasteiger partial charge in [-0.3, -0.25) is 9.59 Å². The fourth-order valence-electron chi connectivity index (χ4n) is 2.28. The summed E-state index contributed by atoms with van der Waals surface area (Å²) in [5.74, 6) is -1.02. The third kappa shape index (κ3) is 4.05. The van der Waals surface area contributed by atoms with Gasteiger partial charge in [0.25, 0.3) is 0 Å². The van der Waals surface area contributed by atoms with E-state index in [2.05, 4.69) is 15.1 Å². The van der Waals surface area contributed by atoms with Gasteiger partial charge in [-0.25, -0.2) is 19.0 Å². The number of ether oxygens (including phenoxy) is 1. The Morgan fingerprint density at radius 3 is 2.73 bits per heavy atom. The molecule has 0 N–H and O–H groups in total. The second kappa shape index (κ2) is 8.05. The molecule has 7 nitrogen and oxygen atoms in total. The van der Waals surface area contributed by atoms with Gasteiger partial charge in [-0.2, -0.15) is 5.10 Å². The summed E-state index contributed by atoms with van der Waals surface area (Å²) < 4.78 is 19.4. The number of ketones is 1. The Hall–Kier alpha value is -2.81. The Balaban J connectivity index is 1.77. The smallest absolute Gasteiger partial charge is 0.313 e. The van der Waals surface area contributed by atoms with E-state index >= 15 is 0 Å². The number of thioether (sulfide) groups is 1. The molecule has 9 heteroatoms. The van der Waals surface area contributed by atoms with E-state index in [0.29, 0.717) is 21.7 Å². The van der Waals surface area contributed by atoms with Crippen LogP contribution >= 0.6 is 11.8 Å². The van der Waals surface area contributed by atoms with Crippen molar-refractivity contribution in [1.82, 2.24) is 19.7 Å². The second-order valence-corrected chi connectivity index (χ2v) is 6.22. The molecule has 2 aromatic heterocycles. The van der Waals surface area contributed by atoms with Crippen LogP contribution in [-0.2, 0) is 14.3 Å². The van der Waals surface area contributed by atoms with Gasteiger partial charge in [0, 0.05) is 0 Å². The third-order valence-electron chi connectivity index (χ3n) is 3.42. The van der Waals surface area contributed by atoms with Gasteiger partial charge in [0.1, 0.15) is 23.6 Å². The Morgan fingerprint density at radius 2 is 2.00 bits per heavy atom. The zero-order valence-electron chi connectivity index (χ0n) is 13.9. The van der Waals surface area contributed by atoms with E-state index in [9.17, 15) is 14.0 Å². The topological polar surface area (TPSA) is 87.0 Å². The van der Waals surface area contributed by atoms with Crippen LogP contribution in [0.2, 0.25) is 0 Å². The number of hydrogen-bond acceptors (Lipinski definition) is 7. The predicted molar refractivity (Wildman–Crippen MR) is 93.6 cm³/mol. The van der Waals surface area contributed by atoms with Gasteiger partial charge in [-0.05, 0) is 31.2 Å². The quantitative estimate of drug-likeness (QED) is 0.272. The molecular formula is C17H15FN4O3S. The largest absolute Gasteiger partial charge is 0.466 e. The first-order chi connectivity index (χ1) is 12.6. The van der Waals surface area contributed by atoms with Gasteiger partial charge < -0.3 is 4.74 Å². The van der Waals surface area contributed by atoms with E-state index in [1.165, 1.54) is 30.2 Å². The molecule has 0 saturated carbocycles. The highest BCUT2D eigenvalue weighted by atomic mass is 32.2. The first-order valence-corrected chi connectivity index (χ1v) is 8.82. The lowest BCUT2D eigenvalue weighted by Gasteiger charge is -2.04. The fourth-order valence-corrected chi connectivity index (χ4v) is 3.10. The summed E-state index contributed by atoms with van der Waals surface area (Å²) in [5, 5.41) is 5.53. The van der Waals surface area contributed by atoms with E-state index in [4.69, 9.17) is 4.74 Å². The van der Waals surface area contributed by atoms with Crippen molar-refractivity contribution in [2.75, 3.05) is 12.4 Å². The van der Waals surface area contributed by atoms with E-state index < -0.39 is 5.97 Å². The van der Waals surface area contributed by atoms with E-state index in [0.717, 1.165) is 0 Å². The number of nitrogens with zero attached hydrogens (tertiary/aromatic N) is 4. The van der Waals surface area contributed by atoms with Crippen LogP contribution < -0.4 is 0 Å². The number of fused-ring (bicyclic) bond motifs is 1. The van der Waals surface area contributed by atoms with Crippen LogP contribution in [0.5, 0.6) is 0 Å². The molecule has 0 aliphatic rings. The van der Waals surface area contributed by atoms with Gasteiger partial charge in [-0.15, -0.1) is 0 Å². The highest BCUT2D eigenvalue weighted by Gasteiger charge is 2.15. The lowest BCUT2D eigenvalue weighted by Crippen LogP contribution is -2.12. The van der Waals surface area contributed by atoms with Gasteiger partial charge in [0.15, 0.2) is 11.4 Å². The first kappa shape index (κ1) is 18.0. The second-order valence-electron chi connectivity index (χ2n) is 5.26. The molecular weight excluding hydrogens is 359 g/mol. The average molecular weight is 374 g/mol. The minimum Gasteiger partial charge on any atom is -0.466 e. The number of carbonyl (C=O) groups excluding carboxylic acids is 2. The molecule has 3 aromatic rings. The minimum absolute atomic E-state index is 0.0899.